The average molecular weight is 248 g/mol. The molecule has 102 valence electrons. The zero-order valence-corrected chi connectivity index (χ0v) is 12.5. The molecule has 1 aromatic rings. The Balaban J connectivity index is 2.75. The number of rotatable bonds is 6. The fourth-order valence-electron chi connectivity index (χ4n) is 2.00. The van der Waals surface area contributed by atoms with Crippen LogP contribution < -0.4 is 11.1 Å². The van der Waals surface area contributed by atoms with Gasteiger partial charge in [-0.1, -0.05) is 39.8 Å². The molecule has 0 aliphatic carbocycles. The summed E-state index contributed by atoms with van der Waals surface area (Å²) in [6.45, 7) is 12.8. The molecule has 1 aromatic carbocycles. The van der Waals surface area contributed by atoms with Gasteiger partial charge in [-0.05, 0) is 48.4 Å². The van der Waals surface area contributed by atoms with Gasteiger partial charge in [0.15, 0.2) is 0 Å². The molecule has 18 heavy (non-hydrogen) atoms. The van der Waals surface area contributed by atoms with Crippen molar-refractivity contribution in [3.05, 3.63) is 29.3 Å². The van der Waals surface area contributed by atoms with Crippen molar-refractivity contribution in [2.24, 2.45) is 11.1 Å². The molecule has 0 aliphatic rings. The Bertz CT molecular complexity index is 381. The molecular formula is C16H28N2. The largest absolute Gasteiger partial charge is 0.384 e. The first-order chi connectivity index (χ1) is 8.35. The summed E-state index contributed by atoms with van der Waals surface area (Å²) < 4.78 is 0. The second kappa shape index (κ2) is 6.24. The molecule has 0 saturated heterocycles. The number of hydrogen-bond acceptors (Lipinski definition) is 2. The molecule has 3 N–H and O–H groups in total. The molecule has 0 aliphatic heterocycles. The van der Waals surface area contributed by atoms with Gasteiger partial charge in [-0.15, -0.1) is 0 Å². The molecule has 0 bridgehead atoms. The van der Waals surface area contributed by atoms with Crippen LogP contribution >= 0.6 is 0 Å². The van der Waals surface area contributed by atoms with Gasteiger partial charge in [0.1, 0.15) is 0 Å². The third kappa shape index (κ3) is 4.34. The van der Waals surface area contributed by atoms with Crippen molar-refractivity contribution in [3.63, 3.8) is 0 Å². The van der Waals surface area contributed by atoms with Crippen LogP contribution in [0.2, 0.25) is 0 Å². The second-order valence-electron chi connectivity index (χ2n) is 6.29. The van der Waals surface area contributed by atoms with Crippen LogP contribution in [0.25, 0.3) is 0 Å². The van der Waals surface area contributed by atoms with Crippen LogP contribution in [-0.2, 0) is 0 Å². The van der Waals surface area contributed by atoms with E-state index < -0.39 is 0 Å². The van der Waals surface area contributed by atoms with E-state index in [1.54, 1.807) is 0 Å². The molecule has 2 heteroatoms. The second-order valence-corrected chi connectivity index (χ2v) is 6.29. The van der Waals surface area contributed by atoms with Crippen LogP contribution in [0.4, 0.5) is 5.69 Å². The molecular weight excluding hydrogens is 220 g/mol. The van der Waals surface area contributed by atoms with Crippen molar-refractivity contribution >= 4 is 5.69 Å². The molecule has 0 spiro atoms. The van der Waals surface area contributed by atoms with Crippen LogP contribution in [0.3, 0.4) is 0 Å². The Morgan fingerprint density at radius 2 is 1.94 bits per heavy atom. The SMILES string of the molecule is Cc1ccc(C(C)C)cc1NCC(C)(C)CCN. The van der Waals surface area contributed by atoms with Crippen molar-refractivity contribution < 1.29 is 0 Å². The van der Waals surface area contributed by atoms with E-state index in [9.17, 15) is 0 Å². The van der Waals surface area contributed by atoms with Crippen molar-refractivity contribution in [2.45, 2.75) is 47.0 Å². The minimum Gasteiger partial charge on any atom is -0.384 e. The predicted octanol–water partition coefficient (Wildman–Crippen LogP) is 3.91. The number of nitrogens with two attached hydrogens (primary N) is 1. The van der Waals surface area contributed by atoms with Crippen molar-refractivity contribution in [2.75, 3.05) is 18.4 Å². The maximum Gasteiger partial charge on any atom is 0.0372 e. The van der Waals surface area contributed by atoms with Gasteiger partial charge >= 0.3 is 0 Å². The molecule has 2 nitrogen and oxygen atoms in total. The zero-order chi connectivity index (χ0) is 13.8. The summed E-state index contributed by atoms with van der Waals surface area (Å²) >= 11 is 0. The minimum absolute atomic E-state index is 0.245. The van der Waals surface area contributed by atoms with E-state index in [4.69, 9.17) is 5.73 Å². The normalized spacial score (nSPS) is 11.9. The smallest absolute Gasteiger partial charge is 0.0372 e. The Hall–Kier alpha value is -1.02. The minimum atomic E-state index is 0.245. The average Bonchev–Trinajstić information content (AvgIpc) is 2.27. The highest BCUT2D eigenvalue weighted by Gasteiger charge is 2.16. The fraction of sp³-hybridized carbons (Fsp3) is 0.625. The molecule has 1 rings (SSSR count). The fourth-order valence-corrected chi connectivity index (χ4v) is 2.00. The van der Waals surface area contributed by atoms with Crippen molar-refractivity contribution in [1.82, 2.24) is 0 Å². The topological polar surface area (TPSA) is 38.0 Å². The van der Waals surface area contributed by atoms with Gasteiger partial charge in [0.25, 0.3) is 0 Å². The lowest BCUT2D eigenvalue weighted by Gasteiger charge is -2.25. The van der Waals surface area contributed by atoms with E-state index >= 15 is 0 Å². The van der Waals surface area contributed by atoms with Crippen LogP contribution in [0.5, 0.6) is 0 Å². The number of aryl methyl sites for hydroxylation is 1. The Morgan fingerprint density at radius 3 is 2.50 bits per heavy atom. The van der Waals surface area contributed by atoms with Crippen molar-refractivity contribution in [1.29, 1.82) is 0 Å². The summed E-state index contributed by atoms with van der Waals surface area (Å²) in [5.74, 6) is 0.572. The van der Waals surface area contributed by atoms with Crippen LogP contribution in [0, 0.1) is 12.3 Å². The van der Waals surface area contributed by atoms with Gasteiger partial charge in [-0.25, -0.2) is 0 Å². The Morgan fingerprint density at radius 1 is 1.28 bits per heavy atom. The Kier molecular flexibility index (Phi) is 5.21. The van der Waals surface area contributed by atoms with E-state index in [1.165, 1.54) is 16.8 Å². The first-order valence-electron chi connectivity index (χ1n) is 6.90. The molecule has 0 unspecified atom stereocenters. The highest BCUT2D eigenvalue weighted by molar-refractivity contribution is 5.53. The maximum absolute atomic E-state index is 5.65. The third-order valence-electron chi connectivity index (χ3n) is 3.51. The number of nitrogens with one attached hydrogen (secondary N) is 1. The first kappa shape index (κ1) is 15.0. The molecule has 0 atom stereocenters. The van der Waals surface area contributed by atoms with E-state index in [-0.39, 0.29) is 5.41 Å². The molecule has 0 aromatic heterocycles. The van der Waals surface area contributed by atoms with Gasteiger partial charge < -0.3 is 11.1 Å². The van der Waals surface area contributed by atoms with E-state index in [2.05, 4.69) is 58.1 Å². The predicted molar refractivity (Wildman–Crippen MR) is 81.2 cm³/mol. The summed E-state index contributed by atoms with van der Waals surface area (Å²) in [6.07, 6.45) is 1.04. The quantitative estimate of drug-likeness (QED) is 0.801. The van der Waals surface area contributed by atoms with E-state index in [0.29, 0.717) is 5.92 Å². The molecule has 0 fully saturated rings. The summed E-state index contributed by atoms with van der Waals surface area (Å²) in [5.41, 5.74) is 9.85. The van der Waals surface area contributed by atoms with Gasteiger partial charge in [0.05, 0.1) is 0 Å². The number of benzene rings is 1. The van der Waals surface area contributed by atoms with Gasteiger partial charge in [0.2, 0.25) is 0 Å². The lowest BCUT2D eigenvalue weighted by molar-refractivity contribution is 0.365. The number of hydrogen-bond donors (Lipinski definition) is 2. The monoisotopic (exact) mass is 248 g/mol. The lowest BCUT2D eigenvalue weighted by atomic mass is 9.89. The van der Waals surface area contributed by atoms with Crippen LogP contribution in [0.15, 0.2) is 18.2 Å². The summed E-state index contributed by atoms with van der Waals surface area (Å²) in [6, 6.07) is 6.70. The molecule has 0 amide bonds. The zero-order valence-electron chi connectivity index (χ0n) is 12.5. The van der Waals surface area contributed by atoms with Gasteiger partial charge in [-0.3, -0.25) is 0 Å². The van der Waals surface area contributed by atoms with Crippen molar-refractivity contribution in [3.8, 4) is 0 Å². The molecule has 0 heterocycles. The highest BCUT2D eigenvalue weighted by Crippen LogP contribution is 2.25. The third-order valence-corrected chi connectivity index (χ3v) is 3.51. The van der Waals surface area contributed by atoms with Crippen LogP contribution in [-0.4, -0.2) is 13.1 Å². The highest BCUT2D eigenvalue weighted by atomic mass is 14.9. The first-order valence-corrected chi connectivity index (χ1v) is 6.90. The lowest BCUT2D eigenvalue weighted by Crippen LogP contribution is -2.26. The standard InChI is InChI=1S/C16H28N2/c1-12(2)14-7-6-13(3)15(10-14)18-11-16(4,5)8-9-17/h6-7,10,12,18H,8-9,11,17H2,1-5H3. The maximum atomic E-state index is 5.65. The van der Waals surface area contributed by atoms with Gasteiger partial charge in [-0.2, -0.15) is 0 Å². The molecule has 0 saturated carbocycles. The summed E-state index contributed by atoms with van der Waals surface area (Å²) in [4.78, 5) is 0. The van der Waals surface area contributed by atoms with Gasteiger partial charge in [0, 0.05) is 12.2 Å². The molecule has 0 radical (unpaired) electrons. The van der Waals surface area contributed by atoms with E-state index in [1.807, 2.05) is 0 Å². The number of anilines is 1. The van der Waals surface area contributed by atoms with Crippen LogP contribution in [0.1, 0.15) is 51.2 Å². The summed E-state index contributed by atoms with van der Waals surface area (Å²) in [7, 11) is 0. The summed E-state index contributed by atoms with van der Waals surface area (Å²) in [5, 5.41) is 3.58. The Labute approximate surface area is 112 Å². The van der Waals surface area contributed by atoms with E-state index in [0.717, 1.165) is 19.5 Å².